The summed E-state index contributed by atoms with van der Waals surface area (Å²) in [5, 5.41) is 0.509. The molecule has 2 aliphatic heterocycles. The fourth-order valence-corrected chi connectivity index (χ4v) is 4.38. The number of ether oxygens (including phenoxy) is 4. The van der Waals surface area contributed by atoms with Crippen molar-refractivity contribution in [2.24, 2.45) is 0 Å². The highest BCUT2D eigenvalue weighted by Crippen LogP contribution is 2.40. The maximum Gasteiger partial charge on any atom is 0.327 e. The average Bonchev–Trinajstić information content (AvgIpc) is 2.88. The average molecular weight is 487 g/mol. The van der Waals surface area contributed by atoms with Crippen LogP contribution in [-0.4, -0.2) is 75.3 Å². The van der Waals surface area contributed by atoms with Gasteiger partial charge in [0.15, 0.2) is 11.5 Å². The van der Waals surface area contributed by atoms with Crippen LogP contribution >= 0.6 is 11.6 Å². The molecule has 0 radical (unpaired) electrons. The number of benzene rings is 2. The van der Waals surface area contributed by atoms with Gasteiger partial charge in [-0.3, -0.25) is 9.69 Å². The lowest BCUT2D eigenvalue weighted by Crippen LogP contribution is -2.50. The second-order valence-electron chi connectivity index (χ2n) is 7.89. The number of piperazine rings is 1. The lowest BCUT2D eigenvalue weighted by Gasteiger charge is -2.38. The number of carbonyl (C=O) groups excluding carboxylic acids is 2. The van der Waals surface area contributed by atoms with E-state index in [1.165, 1.54) is 13.2 Å². The molecule has 0 aromatic heterocycles. The number of hydrogen-bond acceptors (Lipinski definition) is 7. The number of carbonyl (C=O) groups is 2. The van der Waals surface area contributed by atoms with E-state index in [1.807, 2.05) is 29.2 Å². The van der Waals surface area contributed by atoms with Gasteiger partial charge in [-0.1, -0.05) is 29.8 Å². The molecule has 4 rings (SSSR count). The molecular formula is C25H27ClN2O6. The first-order valence-corrected chi connectivity index (χ1v) is 11.4. The van der Waals surface area contributed by atoms with Crippen LogP contribution in [0.15, 0.2) is 42.5 Å². The Morgan fingerprint density at radius 2 is 1.79 bits per heavy atom. The summed E-state index contributed by atoms with van der Waals surface area (Å²) < 4.78 is 21.7. The maximum atomic E-state index is 12.8. The summed E-state index contributed by atoms with van der Waals surface area (Å²) in [6.07, 6.45) is 3.27. The van der Waals surface area contributed by atoms with Crippen molar-refractivity contribution in [1.82, 2.24) is 9.80 Å². The number of hydrogen-bond donors (Lipinski definition) is 0. The summed E-state index contributed by atoms with van der Waals surface area (Å²) >= 11 is 6.35. The van der Waals surface area contributed by atoms with Crippen LogP contribution in [0.3, 0.4) is 0 Å². The molecule has 2 heterocycles. The summed E-state index contributed by atoms with van der Waals surface area (Å²) in [6.45, 7) is 2.92. The van der Waals surface area contributed by atoms with Gasteiger partial charge in [0.1, 0.15) is 19.3 Å². The van der Waals surface area contributed by atoms with E-state index < -0.39 is 6.04 Å². The van der Waals surface area contributed by atoms with Crippen LogP contribution in [0.5, 0.6) is 17.2 Å². The quantitative estimate of drug-likeness (QED) is 0.458. The number of nitrogens with zero attached hydrogens (tertiary/aromatic N) is 2. The third-order valence-electron chi connectivity index (χ3n) is 5.88. The molecule has 2 aromatic carbocycles. The molecule has 2 aromatic rings. The predicted octanol–water partition coefficient (Wildman–Crippen LogP) is 3.19. The molecule has 1 atom stereocenters. The second kappa shape index (κ2) is 10.8. The molecule has 0 N–H and O–H groups in total. The molecule has 2 aliphatic rings. The Kier molecular flexibility index (Phi) is 7.59. The molecule has 9 heteroatoms. The van der Waals surface area contributed by atoms with E-state index in [-0.39, 0.29) is 11.9 Å². The minimum Gasteiger partial charge on any atom is -0.493 e. The van der Waals surface area contributed by atoms with Gasteiger partial charge >= 0.3 is 5.97 Å². The molecule has 1 amide bonds. The van der Waals surface area contributed by atoms with E-state index in [9.17, 15) is 9.59 Å². The van der Waals surface area contributed by atoms with Crippen LogP contribution in [0.4, 0.5) is 0 Å². The summed E-state index contributed by atoms with van der Waals surface area (Å²) in [5.41, 5.74) is 1.47. The van der Waals surface area contributed by atoms with Crippen molar-refractivity contribution in [2.45, 2.75) is 6.04 Å². The highest BCUT2D eigenvalue weighted by atomic mass is 35.5. The Hall–Kier alpha value is -3.23. The molecule has 1 unspecified atom stereocenters. The Labute approximate surface area is 203 Å². The van der Waals surface area contributed by atoms with Gasteiger partial charge in [-0.05, 0) is 35.4 Å². The van der Waals surface area contributed by atoms with Crippen molar-refractivity contribution >= 4 is 29.6 Å². The topological polar surface area (TPSA) is 77.5 Å². The highest BCUT2D eigenvalue weighted by Gasteiger charge is 2.33. The summed E-state index contributed by atoms with van der Waals surface area (Å²) in [7, 11) is 2.93. The maximum absolute atomic E-state index is 12.8. The third-order valence-corrected chi connectivity index (χ3v) is 6.23. The number of rotatable bonds is 6. The van der Waals surface area contributed by atoms with E-state index in [4.69, 9.17) is 30.5 Å². The molecule has 0 saturated carbocycles. The minimum atomic E-state index is -0.614. The number of methoxy groups -OCH3 is 2. The lowest BCUT2D eigenvalue weighted by molar-refractivity contribution is -0.148. The van der Waals surface area contributed by atoms with Crippen molar-refractivity contribution in [3.8, 4) is 17.2 Å². The van der Waals surface area contributed by atoms with Crippen molar-refractivity contribution in [3.63, 3.8) is 0 Å². The van der Waals surface area contributed by atoms with Crippen molar-refractivity contribution in [1.29, 1.82) is 0 Å². The first-order chi connectivity index (χ1) is 16.5. The van der Waals surface area contributed by atoms with Crippen molar-refractivity contribution < 1.29 is 28.5 Å². The first-order valence-electron chi connectivity index (χ1n) is 11.0. The summed E-state index contributed by atoms with van der Waals surface area (Å²) in [4.78, 5) is 29.1. The van der Waals surface area contributed by atoms with E-state index in [0.717, 1.165) is 5.56 Å². The van der Waals surface area contributed by atoms with Crippen molar-refractivity contribution in [3.05, 3.63) is 58.6 Å². The second-order valence-corrected chi connectivity index (χ2v) is 8.30. The summed E-state index contributed by atoms with van der Waals surface area (Å²) in [6, 6.07) is 10.3. The van der Waals surface area contributed by atoms with Crippen LogP contribution in [0, 0.1) is 0 Å². The van der Waals surface area contributed by atoms with Gasteiger partial charge in [0, 0.05) is 37.3 Å². The van der Waals surface area contributed by atoms with Crippen molar-refractivity contribution in [2.75, 3.05) is 53.6 Å². The minimum absolute atomic E-state index is 0.110. The molecule has 34 heavy (non-hydrogen) atoms. The van der Waals surface area contributed by atoms with E-state index in [1.54, 1.807) is 30.2 Å². The molecule has 0 bridgehead atoms. The zero-order chi connectivity index (χ0) is 24.1. The monoisotopic (exact) mass is 486 g/mol. The van der Waals surface area contributed by atoms with Gasteiger partial charge < -0.3 is 23.8 Å². The van der Waals surface area contributed by atoms with Crippen LogP contribution in [0.2, 0.25) is 5.02 Å². The van der Waals surface area contributed by atoms with Crippen LogP contribution in [0.1, 0.15) is 17.2 Å². The third kappa shape index (κ3) is 5.13. The van der Waals surface area contributed by atoms with Gasteiger partial charge in [0.2, 0.25) is 11.7 Å². The Morgan fingerprint density at radius 3 is 2.50 bits per heavy atom. The van der Waals surface area contributed by atoms with E-state index in [2.05, 4.69) is 0 Å². The standard InChI is InChI=1S/C25H27ClN2O6/c1-31-20-15-17(16-21-24(20)34-14-13-33-21)7-8-22(29)27-9-11-28(12-10-27)23(25(30)32-2)18-5-3-4-6-19(18)26/h3-8,15-16,23H,9-14H2,1-2H3/b8-7+. The number of halogens is 1. The Bertz CT molecular complexity index is 1060. The van der Waals surface area contributed by atoms with E-state index >= 15 is 0 Å². The molecular weight excluding hydrogens is 460 g/mol. The number of esters is 1. The Morgan fingerprint density at radius 1 is 1.06 bits per heavy atom. The predicted molar refractivity (Wildman–Crippen MR) is 127 cm³/mol. The molecule has 180 valence electrons. The van der Waals surface area contributed by atoms with Crippen LogP contribution in [-0.2, 0) is 14.3 Å². The van der Waals surface area contributed by atoms with Gasteiger partial charge in [0.25, 0.3) is 0 Å². The zero-order valence-electron chi connectivity index (χ0n) is 19.2. The first kappa shape index (κ1) is 23.9. The normalized spacial score (nSPS) is 16.9. The highest BCUT2D eigenvalue weighted by molar-refractivity contribution is 6.31. The van der Waals surface area contributed by atoms with Crippen LogP contribution in [0.25, 0.3) is 6.08 Å². The fourth-order valence-electron chi connectivity index (χ4n) is 4.14. The van der Waals surface area contributed by atoms with Gasteiger partial charge in [-0.15, -0.1) is 0 Å². The number of amides is 1. The molecule has 1 saturated heterocycles. The molecule has 0 aliphatic carbocycles. The van der Waals surface area contributed by atoms with Gasteiger partial charge in [0.05, 0.1) is 14.2 Å². The smallest absolute Gasteiger partial charge is 0.327 e. The Balaban J connectivity index is 1.42. The fraction of sp³-hybridized carbons (Fsp3) is 0.360. The van der Waals surface area contributed by atoms with E-state index in [0.29, 0.717) is 67.2 Å². The SMILES string of the molecule is COC(=O)C(c1ccccc1Cl)N1CCN(C(=O)/C=C/c2cc(OC)c3c(c2)OCCO3)CC1. The lowest BCUT2D eigenvalue weighted by atomic mass is 10.0. The van der Waals surface area contributed by atoms with Crippen LogP contribution < -0.4 is 14.2 Å². The molecule has 8 nitrogen and oxygen atoms in total. The zero-order valence-corrected chi connectivity index (χ0v) is 19.9. The molecule has 0 spiro atoms. The molecule has 1 fully saturated rings. The van der Waals surface area contributed by atoms with Gasteiger partial charge in [-0.25, -0.2) is 4.79 Å². The summed E-state index contributed by atoms with van der Waals surface area (Å²) in [5.74, 6) is 1.25. The largest absolute Gasteiger partial charge is 0.493 e. The van der Waals surface area contributed by atoms with Gasteiger partial charge in [-0.2, -0.15) is 0 Å². The number of fused-ring (bicyclic) bond motifs is 1.